The van der Waals surface area contributed by atoms with E-state index in [4.69, 9.17) is 9.47 Å². The fourth-order valence-corrected chi connectivity index (χ4v) is 8.29. The van der Waals surface area contributed by atoms with Gasteiger partial charge in [-0.1, -0.05) is 72.8 Å². The molecule has 0 N–H and O–H groups in total. The van der Waals surface area contributed by atoms with Crippen LogP contribution >= 0.6 is 0 Å². The van der Waals surface area contributed by atoms with E-state index in [0.29, 0.717) is 28.2 Å². The lowest BCUT2D eigenvalue weighted by molar-refractivity contribution is -0.146. The first-order valence-electron chi connectivity index (χ1n) is 19.1. The van der Waals surface area contributed by atoms with Gasteiger partial charge in [0.1, 0.15) is 29.5 Å². The predicted octanol–water partition coefficient (Wildman–Crippen LogP) is 9.77. The van der Waals surface area contributed by atoms with E-state index in [2.05, 4.69) is 73.9 Å². The molecule has 5 aromatic carbocycles. The van der Waals surface area contributed by atoms with Gasteiger partial charge in [-0.3, -0.25) is 9.59 Å². The number of ether oxygens (including phenoxy) is 2. The van der Waals surface area contributed by atoms with Gasteiger partial charge in [-0.2, -0.15) is 0 Å². The number of hydrogen-bond donors (Lipinski definition) is 0. The average molecular weight is 726 g/mol. The number of carbonyl (C=O) groups is 2. The lowest BCUT2D eigenvalue weighted by Gasteiger charge is -2.47. The van der Waals surface area contributed by atoms with E-state index < -0.39 is 29.3 Å². The van der Waals surface area contributed by atoms with E-state index in [1.54, 1.807) is 19.1 Å². The maximum absolute atomic E-state index is 15.3. The number of halogens is 1. The predicted molar refractivity (Wildman–Crippen MR) is 213 cm³/mol. The zero-order valence-corrected chi connectivity index (χ0v) is 31.9. The number of esters is 1. The molecule has 2 heterocycles. The Morgan fingerprint density at radius 1 is 0.722 bits per heavy atom. The summed E-state index contributed by atoms with van der Waals surface area (Å²) in [6, 6.07) is 33.9. The van der Waals surface area contributed by atoms with Crippen LogP contribution in [0.15, 0.2) is 109 Å². The number of amides is 1. The molecule has 2 aliphatic rings. The third-order valence-corrected chi connectivity index (χ3v) is 11.2. The van der Waals surface area contributed by atoms with Crippen molar-refractivity contribution < 1.29 is 23.5 Å². The van der Waals surface area contributed by atoms with Crippen molar-refractivity contribution in [1.82, 2.24) is 4.90 Å². The summed E-state index contributed by atoms with van der Waals surface area (Å²) >= 11 is 0. The van der Waals surface area contributed by atoms with Gasteiger partial charge in [-0.15, -0.1) is 0 Å². The van der Waals surface area contributed by atoms with Crippen LogP contribution in [0, 0.1) is 5.82 Å². The molecule has 0 aliphatic carbocycles. The summed E-state index contributed by atoms with van der Waals surface area (Å²) in [5.41, 5.74) is 5.90. The highest BCUT2D eigenvalue weighted by molar-refractivity contribution is 6.02. The van der Waals surface area contributed by atoms with Gasteiger partial charge in [0.05, 0.1) is 12.0 Å². The molecular formula is C46H48FN3O4. The van der Waals surface area contributed by atoms with Crippen LogP contribution in [0.5, 0.6) is 11.5 Å². The van der Waals surface area contributed by atoms with E-state index in [1.165, 1.54) is 6.07 Å². The third kappa shape index (κ3) is 6.07. The van der Waals surface area contributed by atoms with E-state index in [1.807, 2.05) is 66.4 Å². The van der Waals surface area contributed by atoms with Crippen molar-refractivity contribution >= 4 is 23.3 Å². The highest BCUT2D eigenvalue weighted by Crippen LogP contribution is 2.59. The molecule has 7 nitrogen and oxygen atoms in total. The molecule has 7 rings (SSSR count). The van der Waals surface area contributed by atoms with Gasteiger partial charge in [0.15, 0.2) is 0 Å². The van der Waals surface area contributed by atoms with Crippen molar-refractivity contribution in [2.75, 3.05) is 42.6 Å². The molecule has 0 bridgehead atoms. The second-order valence-corrected chi connectivity index (χ2v) is 14.0. The van der Waals surface area contributed by atoms with Crippen LogP contribution in [-0.2, 0) is 15.1 Å². The SMILES string of the molecule is CCN(CC)c1ccc2c(c1)Oc1cc(N(CC)CC)ccc1C21c2ccccc2C(=O)N1[C@H](C)COC(=O)[C@@H](C)c1ccc(-c2ccccc2)c(F)c1. The molecule has 2 atom stereocenters. The summed E-state index contributed by atoms with van der Waals surface area (Å²) in [6.45, 7) is 15.4. The highest BCUT2D eigenvalue weighted by Gasteiger charge is 2.57. The second-order valence-electron chi connectivity index (χ2n) is 14.0. The Morgan fingerprint density at radius 3 is 1.87 bits per heavy atom. The van der Waals surface area contributed by atoms with Crippen molar-refractivity contribution in [3.63, 3.8) is 0 Å². The van der Waals surface area contributed by atoms with Gasteiger partial charge >= 0.3 is 5.97 Å². The van der Waals surface area contributed by atoms with Gasteiger partial charge in [0, 0.05) is 71.9 Å². The number of hydrogen-bond acceptors (Lipinski definition) is 6. The van der Waals surface area contributed by atoms with Crippen LogP contribution < -0.4 is 14.5 Å². The van der Waals surface area contributed by atoms with E-state index in [-0.39, 0.29) is 12.5 Å². The number of anilines is 2. The van der Waals surface area contributed by atoms with Crippen molar-refractivity contribution in [2.24, 2.45) is 0 Å². The monoisotopic (exact) mass is 725 g/mol. The van der Waals surface area contributed by atoms with Gasteiger partial charge in [0.25, 0.3) is 5.91 Å². The third-order valence-electron chi connectivity index (χ3n) is 11.2. The molecule has 0 radical (unpaired) electrons. The average Bonchev–Trinajstić information content (AvgIpc) is 3.45. The zero-order valence-electron chi connectivity index (χ0n) is 31.9. The standard InChI is InChI=1S/C46H48FN3O4/c1-7-48(8-2)34-21-24-39-42(27-34)54-43-28-35(49(9-3)10-4)22-25-40(43)46(39)38-19-15-14-18-37(38)44(51)50(46)30(5)29-53-45(52)31(6)33-20-23-36(41(47)26-33)32-16-12-11-13-17-32/h11-28,30-31H,7-10,29H2,1-6H3/t30-,31+/m1/s1. The lowest BCUT2D eigenvalue weighted by atomic mass is 9.74. The summed E-state index contributed by atoms with van der Waals surface area (Å²) in [4.78, 5) is 34.8. The summed E-state index contributed by atoms with van der Waals surface area (Å²) in [5, 5.41) is 0. The van der Waals surface area contributed by atoms with E-state index >= 15 is 4.39 Å². The maximum Gasteiger partial charge on any atom is 0.313 e. The van der Waals surface area contributed by atoms with Crippen LogP contribution in [0.25, 0.3) is 11.1 Å². The van der Waals surface area contributed by atoms with E-state index in [0.717, 1.165) is 59.8 Å². The zero-order chi connectivity index (χ0) is 38.1. The van der Waals surface area contributed by atoms with Gasteiger partial charge in [0.2, 0.25) is 0 Å². The maximum atomic E-state index is 15.3. The van der Waals surface area contributed by atoms with Crippen LogP contribution in [0.3, 0.4) is 0 Å². The van der Waals surface area contributed by atoms with Crippen molar-refractivity contribution in [3.8, 4) is 22.6 Å². The molecule has 0 saturated heterocycles. The smallest absolute Gasteiger partial charge is 0.313 e. The molecule has 278 valence electrons. The van der Waals surface area contributed by atoms with Crippen molar-refractivity contribution in [1.29, 1.82) is 0 Å². The minimum Gasteiger partial charge on any atom is -0.463 e. The molecule has 0 unspecified atom stereocenters. The quantitative estimate of drug-likeness (QED) is 0.119. The van der Waals surface area contributed by atoms with Gasteiger partial charge in [-0.05, 0) is 82.5 Å². The fourth-order valence-electron chi connectivity index (χ4n) is 8.29. The molecule has 8 heteroatoms. The summed E-state index contributed by atoms with van der Waals surface area (Å²) in [6.07, 6.45) is 0. The lowest BCUT2D eigenvalue weighted by Crippen LogP contribution is -2.53. The minimum atomic E-state index is -1.06. The topological polar surface area (TPSA) is 62.3 Å². The molecule has 5 aromatic rings. The van der Waals surface area contributed by atoms with Crippen molar-refractivity contribution in [3.05, 3.63) is 143 Å². The first-order valence-corrected chi connectivity index (χ1v) is 19.1. The molecule has 2 aliphatic heterocycles. The van der Waals surface area contributed by atoms with Crippen LogP contribution in [0.2, 0.25) is 0 Å². The molecular weight excluding hydrogens is 678 g/mol. The molecule has 0 saturated carbocycles. The Hall–Kier alpha value is -5.63. The molecule has 1 spiro atoms. The van der Waals surface area contributed by atoms with Crippen molar-refractivity contribution in [2.45, 2.75) is 59.0 Å². The highest BCUT2D eigenvalue weighted by atomic mass is 19.1. The Labute approximate surface area is 317 Å². The minimum absolute atomic E-state index is 0.0597. The molecule has 54 heavy (non-hydrogen) atoms. The summed E-state index contributed by atoms with van der Waals surface area (Å²) < 4.78 is 28.1. The second kappa shape index (κ2) is 15.0. The number of nitrogens with zero attached hydrogens (tertiary/aromatic N) is 3. The number of fused-ring (bicyclic) bond motifs is 6. The Kier molecular flexibility index (Phi) is 10.2. The molecule has 1 amide bonds. The van der Waals surface area contributed by atoms with Crippen LogP contribution in [0.1, 0.15) is 80.1 Å². The van der Waals surface area contributed by atoms with Crippen LogP contribution in [0.4, 0.5) is 15.8 Å². The van der Waals surface area contributed by atoms with Gasteiger partial charge < -0.3 is 24.2 Å². The molecule has 0 fully saturated rings. The number of carbonyl (C=O) groups excluding carboxylic acids is 2. The normalized spacial score (nSPS) is 14.8. The first-order chi connectivity index (χ1) is 26.2. The fraction of sp³-hybridized carbons (Fsp3) is 0.304. The Balaban J connectivity index is 1.27. The first kappa shape index (κ1) is 36.7. The number of benzene rings is 5. The number of rotatable bonds is 12. The summed E-state index contributed by atoms with van der Waals surface area (Å²) in [7, 11) is 0. The largest absolute Gasteiger partial charge is 0.463 e. The Morgan fingerprint density at radius 2 is 1.30 bits per heavy atom. The Bertz CT molecular complexity index is 2120. The van der Waals surface area contributed by atoms with Gasteiger partial charge in [-0.25, -0.2) is 4.39 Å². The summed E-state index contributed by atoms with van der Waals surface area (Å²) in [5.74, 6) is -0.417. The molecule has 0 aromatic heterocycles. The van der Waals surface area contributed by atoms with E-state index in [9.17, 15) is 9.59 Å². The van der Waals surface area contributed by atoms with Crippen LogP contribution in [-0.4, -0.2) is 55.6 Å².